The van der Waals surface area contributed by atoms with Crippen molar-refractivity contribution in [3.8, 4) is 0 Å². The largest absolute Gasteiger partial charge is 0.360 e. The van der Waals surface area contributed by atoms with Crippen molar-refractivity contribution in [3.63, 3.8) is 0 Å². The van der Waals surface area contributed by atoms with Crippen molar-refractivity contribution in [1.82, 2.24) is 10.5 Å². The number of hydrogen-bond acceptors (Lipinski definition) is 5. The van der Waals surface area contributed by atoms with Gasteiger partial charge in [-0.15, -0.1) is 11.8 Å². The highest BCUT2D eigenvalue weighted by atomic mass is 32.2. The van der Waals surface area contributed by atoms with Crippen LogP contribution in [0.2, 0.25) is 0 Å². The molecule has 1 saturated carbocycles. The molecule has 2 amide bonds. The van der Waals surface area contributed by atoms with Gasteiger partial charge in [0, 0.05) is 12.6 Å². The predicted molar refractivity (Wildman–Crippen MR) is 86.8 cm³/mol. The summed E-state index contributed by atoms with van der Waals surface area (Å²) in [5.74, 6) is 2.02. The molecule has 2 N–H and O–H groups in total. The van der Waals surface area contributed by atoms with Gasteiger partial charge < -0.3 is 15.2 Å². The first-order valence-electron chi connectivity index (χ1n) is 7.71. The van der Waals surface area contributed by atoms with E-state index in [1.807, 2.05) is 0 Å². The zero-order valence-corrected chi connectivity index (χ0v) is 13.7. The van der Waals surface area contributed by atoms with Gasteiger partial charge in [0.1, 0.15) is 5.76 Å². The molecule has 1 aliphatic carbocycles. The van der Waals surface area contributed by atoms with Crippen LogP contribution in [0.1, 0.15) is 37.9 Å². The van der Waals surface area contributed by atoms with Gasteiger partial charge in [0.2, 0.25) is 11.8 Å². The van der Waals surface area contributed by atoms with Crippen LogP contribution in [0.15, 0.2) is 10.6 Å². The molecule has 0 unspecified atom stereocenters. The van der Waals surface area contributed by atoms with Gasteiger partial charge in [-0.3, -0.25) is 9.59 Å². The van der Waals surface area contributed by atoms with Gasteiger partial charge in [-0.25, -0.2) is 0 Å². The van der Waals surface area contributed by atoms with Crippen molar-refractivity contribution in [1.29, 1.82) is 0 Å². The van der Waals surface area contributed by atoms with Crippen molar-refractivity contribution in [2.75, 3.05) is 23.4 Å². The van der Waals surface area contributed by atoms with Gasteiger partial charge >= 0.3 is 0 Å². The van der Waals surface area contributed by atoms with Gasteiger partial charge in [-0.1, -0.05) is 24.4 Å². The summed E-state index contributed by atoms with van der Waals surface area (Å²) in [7, 11) is 0. The van der Waals surface area contributed by atoms with E-state index >= 15 is 0 Å². The lowest BCUT2D eigenvalue weighted by molar-refractivity contribution is -0.118. The van der Waals surface area contributed by atoms with Crippen molar-refractivity contribution in [3.05, 3.63) is 11.8 Å². The first-order chi connectivity index (χ1) is 10.6. The van der Waals surface area contributed by atoms with Crippen LogP contribution < -0.4 is 10.6 Å². The smallest absolute Gasteiger partial charge is 0.235 e. The molecule has 6 nitrogen and oxygen atoms in total. The second-order valence-electron chi connectivity index (χ2n) is 5.67. The fourth-order valence-electron chi connectivity index (χ4n) is 2.54. The number of hydrogen-bond donors (Lipinski definition) is 2. The van der Waals surface area contributed by atoms with Gasteiger partial charge in [0.15, 0.2) is 5.82 Å². The monoisotopic (exact) mass is 325 g/mol. The third kappa shape index (κ3) is 6.09. The molecule has 0 atom stereocenters. The molecule has 1 heterocycles. The summed E-state index contributed by atoms with van der Waals surface area (Å²) in [6, 6.07) is 1.65. The quantitative estimate of drug-likeness (QED) is 0.804. The van der Waals surface area contributed by atoms with E-state index in [2.05, 4.69) is 15.8 Å². The minimum Gasteiger partial charge on any atom is -0.360 e. The maximum atomic E-state index is 11.7. The zero-order chi connectivity index (χ0) is 15.8. The lowest BCUT2D eigenvalue weighted by atomic mass is 9.89. The molecule has 7 heteroatoms. The zero-order valence-electron chi connectivity index (χ0n) is 12.9. The topological polar surface area (TPSA) is 84.2 Å². The average molecular weight is 325 g/mol. The number of amides is 2. The van der Waals surface area contributed by atoms with E-state index in [0.717, 1.165) is 6.54 Å². The van der Waals surface area contributed by atoms with E-state index in [-0.39, 0.29) is 17.6 Å². The van der Waals surface area contributed by atoms with Gasteiger partial charge in [0.05, 0.1) is 11.5 Å². The number of nitrogens with zero attached hydrogens (tertiary/aromatic N) is 1. The molecule has 0 radical (unpaired) electrons. The summed E-state index contributed by atoms with van der Waals surface area (Å²) in [5.41, 5.74) is 0. The van der Waals surface area contributed by atoms with Crippen LogP contribution >= 0.6 is 11.8 Å². The van der Waals surface area contributed by atoms with E-state index in [4.69, 9.17) is 4.52 Å². The number of aryl methyl sites for hydroxylation is 1. The maximum Gasteiger partial charge on any atom is 0.235 e. The Labute approximate surface area is 134 Å². The van der Waals surface area contributed by atoms with E-state index in [0.29, 0.717) is 23.2 Å². The van der Waals surface area contributed by atoms with Crippen molar-refractivity contribution >= 4 is 29.4 Å². The summed E-state index contributed by atoms with van der Waals surface area (Å²) in [5, 5.41) is 9.27. The minimum absolute atomic E-state index is 0.000606. The molecule has 1 aromatic rings. The molecule has 1 fully saturated rings. The molecule has 1 aromatic heterocycles. The highest BCUT2D eigenvalue weighted by molar-refractivity contribution is 8.00. The van der Waals surface area contributed by atoms with Crippen LogP contribution in [0.4, 0.5) is 5.82 Å². The molecule has 122 valence electrons. The summed E-state index contributed by atoms with van der Waals surface area (Å²) in [6.45, 7) is 2.53. The Bertz CT molecular complexity index is 498. The highest BCUT2D eigenvalue weighted by Gasteiger charge is 2.14. The molecular formula is C15H23N3O3S. The van der Waals surface area contributed by atoms with E-state index in [1.54, 1.807) is 13.0 Å². The van der Waals surface area contributed by atoms with Gasteiger partial charge in [0.25, 0.3) is 0 Å². The average Bonchev–Trinajstić information content (AvgIpc) is 2.91. The summed E-state index contributed by atoms with van der Waals surface area (Å²) >= 11 is 1.30. The number of nitrogens with one attached hydrogen (secondary N) is 2. The van der Waals surface area contributed by atoms with Crippen LogP contribution in [-0.4, -0.2) is 35.0 Å². The first-order valence-corrected chi connectivity index (χ1v) is 8.86. The number of anilines is 1. The molecule has 0 spiro atoms. The molecule has 0 bridgehead atoms. The first kappa shape index (κ1) is 16.9. The van der Waals surface area contributed by atoms with E-state index in [1.165, 1.54) is 43.9 Å². The molecule has 0 saturated heterocycles. The molecule has 22 heavy (non-hydrogen) atoms. The molecule has 0 aliphatic heterocycles. The number of thioether (sulfide) groups is 1. The lowest BCUT2D eigenvalue weighted by Crippen LogP contribution is -2.31. The Morgan fingerprint density at radius 3 is 2.68 bits per heavy atom. The second kappa shape index (κ2) is 8.82. The Balaban J connectivity index is 1.55. The number of aromatic nitrogens is 1. The van der Waals surface area contributed by atoms with E-state index in [9.17, 15) is 9.59 Å². The normalized spacial score (nSPS) is 15.5. The van der Waals surface area contributed by atoms with Gasteiger partial charge in [-0.2, -0.15) is 0 Å². The number of carbonyl (C=O) groups is 2. The summed E-state index contributed by atoms with van der Waals surface area (Å²) < 4.78 is 4.86. The summed E-state index contributed by atoms with van der Waals surface area (Å²) in [4.78, 5) is 23.4. The van der Waals surface area contributed by atoms with Crippen molar-refractivity contribution in [2.45, 2.75) is 39.0 Å². The highest BCUT2D eigenvalue weighted by Crippen LogP contribution is 2.22. The Hall–Kier alpha value is -1.50. The van der Waals surface area contributed by atoms with Crippen LogP contribution in [-0.2, 0) is 9.59 Å². The van der Waals surface area contributed by atoms with Crippen LogP contribution in [0.3, 0.4) is 0 Å². The minimum atomic E-state index is -0.182. The van der Waals surface area contributed by atoms with Crippen molar-refractivity contribution < 1.29 is 14.1 Å². The standard InChI is InChI=1S/C15H23N3O3S/c1-11-7-13(18-21-11)17-15(20)10-22-9-14(19)16-8-12-5-3-2-4-6-12/h7,12H,2-6,8-10H2,1H3,(H,16,19)(H,17,18,20). The van der Waals surface area contributed by atoms with E-state index < -0.39 is 0 Å². The fourth-order valence-corrected chi connectivity index (χ4v) is 3.19. The van der Waals surface area contributed by atoms with Crippen LogP contribution in [0.5, 0.6) is 0 Å². The predicted octanol–water partition coefficient (Wildman–Crippen LogP) is 2.35. The third-order valence-electron chi connectivity index (χ3n) is 3.67. The number of carbonyl (C=O) groups excluding carboxylic acids is 2. The van der Waals surface area contributed by atoms with Crippen LogP contribution in [0, 0.1) is 12.8 Å². The lowest BCUT2D eigenvalue weighted by Gasteiger charge is -2.21. The fraction of sp³-hybridized carbons (Fsp3) is 0.667. The molecular weight excluding hydrogens is 302 g/mol. The number of rotatable bonds is 7. The molecule has 0 aromatic carbocycles. The van der Waals surface area contributed by atoms with Crippen molar-refractivity contribution in [2.24, 2.45) is 5.92 Å². The van der Waals surface area contributed by atoms with Crippen LogP contribution in [0.25, 0.3) is 0 Å². The molecule has 1 aliphatic rings. The SMILES string of the molecule is Cc1cc(NC(=O)CSCC(=O)NCC2CCCCC2)no1. The Morgan fingerprint density at radius 2 is 2.00 bits per heavy atom. The second-order valence-corrected chi connectivity index (χ2v) is 6.66. The Kier molecular flexibility index (Phi) is 6.76. The van der Waals surface area contributed by atoms with Gasteiger partial charge in [-0.05, 0) is 25.7 Å². The summed E-state index contributed by atoms with van der Waals surface area (Å²) in [6.07, 6.45) is 6.30. The molecule has 2 rings (SSSR count). The maximum absolute atomic E-state index is 11.7. The third-order valence-corrected chi connectivity index (χ3v) is 4.61. The Morgan fingerprint density at radius 1 is 1.27 bits per heavy atom.